The van der Waals surface area contributed by atoms with Gasteiger partial charge in [-0.1, -0.05) is 24.3 Å². The molecule has 1 amide bonds. The van der Waals surface area contributed by atoms with Crippen molar-refractivity contribution in [1.29, 1.82) is 0 Å². The van der Waals surface area contributed by atoms with Gasteiger partial charge in [-0.2, -0.15) is 0 Å². The number of benzene rings is 2. The quantitative estimate of drug-likeness (QED) is 0.521. The van der Waals surface area contributed by atoms with Crippen LogP contribution in [0.5, 0.6) is 0 Å². The fraction of sp³-hybridized carbons (Fsp3) is 0.190. The Labute approximate surface area is 160 Å². The molecule has 0 bridgehead atoms. The molecule has 3 aromatic rings. The molecule has 136 valence electrons. The number of nitrogens with zero attached hydrogens (tertiary/aromatic N) is 1. The third kappa shape index (κ3) is 4.60. The minimum atomic E-state index is -0.426. The third-order valence-electron chi connectivity index (χ3n) is 4.17. The molecular weight excluding hydrogens is 360 g/mol. The zero-order valence-corrected chi connectivity index (χ0v) is 15.4. The van der Waals surface area contributed by atoms with E-state index in [-0.39, 0.29) is 12.5 Å². The normalized spacial score (nSPS) is 13.8. The largest absolute Gasteiger partial charge is 0.455 e. The first-order valence-electron chi connectivity index (χ1n) is 8.77. The number of para-hydroxylation sites is 1. The summed E-state index contributed by atoms with van der Waals surface area (Å²) < 4.78 is 6.32. The lowest BCUT2D eigenvalue weighted by atomic mass is 10.1. The Kier molecular flexibility index (Phi) is 4.98. The summed E-state index contributed by atoms with van der Waals surface area (Å²) in [5.74, 6) is -0.479. The third-order valence-corrected chi connectivity index (χ3v) is 5.18. The van der Waals surface area contributed by atoms with E-state index in [1.54, 1.807) is 30.3 Å². The molecular formula is C21H18N2O3S. The predicted octanol–water partition coefficient (Wildman–Crippen LogP) is 3.95. The van der Waals surface area contributed by atoms with Gasteiger partial charge in [-0.25, -0.2) is 9.78 Å². The van der Waals surface area contributed by atoms with Crippen molar-refractivity contribution in [3.63, 3.8) is 0 Å². The number of hydrogen-bond acceptors (Lipinski definition) is 5. The summed E-state index contributed by atoms with van der Waals surface area (Å²) in [4.78, 5) is 28.3. The predicted molar refractivity (Wildman–Crippen MR) is 105 cm³/mol. The number of carbonyl (C=O) groups excluding carboxylic acids is 2. The average Bonchev–Trinajstić information content (AvgIpc) is 3.40. The number of carbonyl (C=O) groups is 2. The number of aromatic nitrogens is 1. The number of ether oxygens (including phenoxy) is 1. The summed E-state index contributed by atoms with van der Waals surface area (Å²) in [6.07, 6.45) is 5.17. The molecule has 0 unspecified atom stereocenters. The lowest BCUT2D eigenvalue weighted by Gasteiger charge is -2.03. The molecule has 2 aromatic carbocycles. The zero-order chi connectivity index (χ0) is 18.6. The highest BCUT2D eigenvalue weighted by Crippen LogP contribution is 2.22. The van der Waals surface area contributed by atoms with Crippen LogP contribution < -0.4 is 5.32 Å². The molecule has 6 heteroatoms. The number of hydrogen-bond donors (Lipinski definition) is 1. The number of fused-ring (bicyclic) bond motifs is 1. The molecule has 0 radical (unpaired) electrons. The van der Waals surface area contributed by atoms with E-state index in [4.69, 9.17) is 4.74 Å². The van der Waals surface area contributed by atoms with E-state index in [1.165, 1.54) is 17.4 Å². The van der Waals surface area contributed by atoms with Crippen molar-refractivity contribution >= 4 is 39.5 Å². The van der Waals surface area contributed by atoms with Crippen molar-refractivity contribution in [2.75, 3.05) is 0 Å². The smallest absolute Gasteiger partial charge is 0.331 e. The van der Waals surface area contributed by atoms with Gasteiger partial charge in [0.1, 0.15) is 11.6 Å². The minimum Gasteiger partial charge on any atom is -0.455 e. The second-order valence-electron chi connectivity index (χ2n) is 6.39. The highest BCUT2D eigenvalue weighted by atomic mass is 32.1. The Morgan fingerprint density at radius 2 is 1.93 bits per heavy atom. The molecule has 1 N–H and O–H groups in total. The fourth-order valence-corrected chi connectivity index (χ4v) is 3.45. The molecule has 1 aliphatic rings. The molecule has 0 saturated heterocycles. The van der Waals surface area contributed by atoms with Gasteiger partial charge in [0, 0.05) is 17.7 Å². The van der Waals surface area contributed by atoms with Crippen molar-refractivity contribution in [1.82, 2.24) is 10.3 Å². The Morgan fingerprint density at radius 1 is 1.15 bits per heavy atom. The van der Waals surface area contributed by atoms with Gasteiger partial charge < -0.3 is 10.1 Å². The van der Waals surface area contributed by atoms with Gasteiger partial charge in [0.25, 0.3) is 5.91 Å². The summed E-state index contributed by atoms with van der Waals surface area (Å²) >= 11 is 1.52. The van der Waals surface area contributed by atoms with Crippen molar-refractivity contribution in [3.8, 4) is 0 Å². The Hall–Kier alpha value is -2.99. The van der Waals surface area contributed by atoms with E-state index in [2.05, 4.69) is 10.3 Å². The SMILES string of the molecule is O=C(/C=C/c1ccc(C(=O)NC2CC2)cc1)OCc1nc2ccccc2s1. The second-order valence-corrected chi connectivity index (χ2v) is 7.50. The van der Waals surface area contributed by atoms with Crippen molar-refractivity contribution < 1.29 is 14.3 Å². The lowest BCUT2D eigenvalue weighted by Crippen LogP contribution is -2.25. The maximum Gasteiger partial charge on any atom is 0.331 e. The summed E-state index contributed by atoms with van der Waals surface area (Å²) in [7, 11) is 0. The number of amides is 1. The molecule has 1 aliphatic carbocycles. The van der Waals surface area contributed by atoms with Gasteiger partial charge in [0.2, 0.25) is 0 Å². The van der Waals surface area contributed by atoms with Crippen LogP contribution in [0.4, 0.5) is 0 Å². The Morgan fingerprint density at radius 3 is 2.67 bits per heavy atom. The van der Waals surface area contributed by atoms with Crippen molar-refractivity contribution in [2.24, 2.45) is 0 Å². The monoisotopic (exact) mass is 378 g/mol. The summed E-state index contributed by atoms with van der Waals surface area (Å²) in [6, 6.07) is 15.3. The van der Waals surface area contributed by atoms with Crippen LogP contribution in [-0.2, 0) is 16.1 Å². The van der Waals surface area contributed by atoms with Gasteiger partial charge in [0.15, 0.2) is 0 Å². The molecule has 1 fully saturated rings. The fourth-order valence-electron chi connectivity index (χ4n) is 2.57. The molecule has 1 saturated carbocycles. The highest BCUT2D eigenvalue weighted by Gasteiger charge is 2.23. The van der Waals surface area contributed by atoms with Crippen LogP contribution in [0.2, 0.25) is 0 Å². The average molecular weight is 378 g/mol. The van der Waals surface area contributed by atoms with Crippen molar-refractivity contribution in [3.05, 3.63) is 70.7 Å². The second kappa shape index (κ2) is 7.72. The molecule has 0 spiro atoms. The van der Waals surface area contributed by atoms with Gasteiger partial charge in [0.05, 0.1) is 10.2 Å². The first-order chi connectivity index (χ1) is 13.2. The number of rotatable bonds is 6. The van der Waals surface area contributed by atoms with Gasteiger partial charge in [-0.15, -0.1) is 11.3 Å². The molecule has 1 aromatic heterocycles. The number of nitrogens with one attached hydrogen (secondary N) is 1. The lowest BCUT2D eigenvalue weighted by molar-refractivity contribution is -0.138. The van der Waals surface area contributed by atoms with Crippen LogP contribution in [0, 0.1) is 0 Å². The van der Waals surface area contributed by atoms with E-state index < -0.39 is 5.97 Å². The minimum absolute atomic E-state index is 0.0525. The Balaban J connectivity index is 1.30. The topological polar surface area (TPSA) is 68.3 Å². The molecule has 4 rings (SSSR count). The van der Waals surface area contributed by atoms with Crippen LogP contribution in [0.1, 0.15) is 33.8 Å². The first-order valence-corrected chi connectivity index (χ1v) is 9.59. The number of esters is 1. The first kappa shape index (κ1) is 17.4. The standard InChI is InChI=1S/C21H18N2O3S/c24-20(26-13-19-23-17-3-1-2-4-18(17)27-19)12-7-14-5-8-15(9-6-14)21(25)22-16-10-11-16/h1-9,12,16H,10-11,13H2,(H,22,25)/b12-7+. The molecule has 1 heterocycles. The van der Waals surface area contributed by atoms with Gasteiger partial charge in [-0.3, -0.25) is 4.79 Å². The summed E-state index contributed by atoms with van der Waals surface area (Å²) in [5.41, 5.74) is 2.36. The van der Waals surface area contributed by atoms with Crippen molar-refractivity contribution in [2.45, 2.75) is 25.5 Å². The van der Waals surface area contributed by atoms with E-state index in [9.17, 15) is 9.59 Å². The van der Waals surface area contributed by atoms with E-state index >= 15 is 0 Å². The highest BCUT2D eigenvalue weighted by molar-refractivity contribution is 7.18. The molecule has 5 nitrogen and oxygen atoms in total. The van der Waals surface area contributed by atoms with Crippen LogP contribution in [0.3, 0.4) is 0 Å². The Bertz CT molecular complexity index is 971. The maximum atomic E-state index is 11.9. The van der Waals surface area contributed by atoms with Gasteiger partial charge >= 0.3 is 5.97 Å². The molecule has 0 atom stereocenters. The van der Waals surface area contributed by atoms with E-state index in [0.717, 1.165) is 33.6 Å². The maximum absolute atomic E-state index is 11.9. The molecule has 0 aliphatic heterocycles. The van der Waals surface area contributed by atoms with Crippen LogP contribution in [0.25, 0.3) is 16.3 Å². The van der Waals surface area contributed by atoms with Crippen LogP contribution >= 0.6 is 11.3 Å². The van der Waals surface area contributed by atoms with E-state index in [0.29, 0.717) is 11.6 Å². The van der Waals surface area contributed by atoms with Crippen LogP contribution in [-0.4, -0.2) is 22.9 Å². The zero-order valence-electron chi connectivity index (χ0n) is 14.6. The van der Waals surface area contributed by atoms with Gasteiger partial charge in [-0.05, 0) is 48.7 Å². The van der Waals surface area contributed by atoms with Crippen LogP contribution in [0.15, 0.2) is 54.6 Å². The van der Waals surface area contributed by atoms with E-state index in [1.807, 2.05) is 24.3 Å². The summed E-state index contributed by atoms with van der Waals surface area (Å²) in [6.45, 7) is 0.156. The number of thiazole rings is 1. The summed E-state index contributed by atoms with van der Waals surface area (Å²) in [5, 5.41) is 3.71. The molecule has 27 heavy (non-hydrogen) atoms.